The monoisotopic (exact) mass is 247 g/mol. The molecule has 1 atom stereocenters. The summed E-state index contributed by atoms with van der Waals surface area (Å²) in [5.41, 5.74) is 6.85. The zero-order chi connectivity index (χ0) is 12.7. The van der Waals surface area contributed by atoms with Crippen molar-refractivity contribution in [3.8, 4) is 0 Å². The molecule has 2 heterocycles. The normalized spacial score (nSPS) is 19.7. The van der Waals surface area contributed by atoms with Crippen LogP contribution in [0.5, 0.6) is 0 Å². The minimum absolute atomic E-state index is 0.202. The Labute approximate surface area is 103 Å². The number of H-pyrrole nitrogens is 1. The molecule has 0 radical (unpaired) electrons. The Bertz CT molecular complexity index is 652. The van der Waals surface area contributed by atoms with E-state index in [0.717, 1.165) is 25.2 Å². The number of nitrogens with one attached hydrogen (secondary N) is 1. The lowest BCUT2D eigenvalue weighted by molar-refractivity contribution is 0.612. The van der Waals surface area contributed by atoms with Crippen molar-refractivity contribution in [2.24, 2.45) is 5.73 Å². The molecule has 2 aromatic rings. The van der Waals surface area contributed by atoms with Crippen molar-refractivity contribution in [1.82, 2.24) is 4.98 Å². The number of pyridine rings is 1. The van der Waals surface area contributed by atoms with Crippen molar-refractivity contribution in [2.75, 3.05) is 18.0 Å². The summed E-state index contributed by atoms with van der Waals surface area (Å²) < 4.78 is 13.1. The van der Waals surface area contributed by atoms with E-state index in [9.17, 15) is 9.18 Å². The summed E-state index contributed by atoms with van der Waals surface area (Å²) in [6.45, 7) is 1.73. The van der Waals surface area contributed by atoms with Crippen LogP contribution >= 0.6 is 0 Å². The maximum atomic E-state index is 13.1. The molecule has 3 rings (SSSR count). The highest BCUT2D eigenvalue weighted by Crippen LogP contribution is 2.23. The van der Waals surface area contributed by atoms with E-state index in [-0.39, 0.29) is 6.04 Å². The first-order chi connectivity index (χ1) is 8.63. The van der Waals surface area contributed by atoms with Gasteiger partial charge < -0.3 is 15.6 Å². The van der Waals surface area contributed by atoms with Gasteiger partial charge >= 0.3 is 0 Å². The predicted molar refractivity (Wildman–Crippen MR) is 69.3 cm³/mol. The van der Waals surface area contributed by atoms with Gasteiger partial charge in [0.05, 0.1) is 5.52 Å². The summed E-state index contributed by atoms with van der Waals surface area (Å²) in [5, 5.41) is 0.694. The van der Waals surface area contributed by atoms with Crippen LogP contribution in [0.2, 0.25) is 0 Å². The van der Waals surface area contributed by atoms with Crippen molar-refractivity contribution in [1.29, 1.82) is 0 Å². The zero-order valence-corrected chi connectivity index (χ0v) is 9.82. The number of hydrogen-bond donors (Lipinski definition) is 2. The van der Waals surface area contributed by atoms with Crippen LogP contribution in [0.1, 0.15) is 6.42 Å². The number of fused-ring (bicyclic) bond motifs is 1. The topological polar surface area (TPSA) is 62.1 Å². The van der Waals surface area contributed by atoms with Crippen molar-refractivity contribution in [3.63, 3.8) is 0 Å². The average Bonchev–Trinajstić information content (AvgIpc) is 2.77. The maximum Gasteiger partial charge on any atom is 0.284 e. The summed E-state index contributed by atoms with van der Waals surface area (Å²) >= 11 is 0. The SMILES string of the molecule is NC1CCN(c2ccc3cc(F)c(=O)[nH]c3c2)C1. The third-order valence-corrected chi connectivity index (χ3v) is 3.37. The van der Waals surface area contributed by atoms with Gasteiger partial charge in [0.15, 0.2) is 5.82 Å². The Morgan fingerprint density at radius 3 is 2.94 bits per heavy atom. The Balaban J connectivity index is 2.05. The quantitative estimate of drug-likeness (QED) is 0.796. The molecule has 1 saturated heterocycles. The molecule has 1 aromatic heterocycles. The van der Waals surface area contributed by atoms with E-state index >= 15 is 0 Å². The molecule has 0 amide bonds. The number of rotatable bonds is 1. The van der Waals surface area contributed by atoms with Gasteiger partial charge in [0.1, 0.15) is 0 Å². The minimum atomic E-state index is -0.751. The molecule has 1 unspecified atom stereocenters. The third-order valence-electron chi connectivity index (χ3n) is 3.37. The average molecular weight is 247 g/mol. The maximum absolute atomic E-state index is 13.1. The highest BCUT2D eigenvalue weighted by molar-refractivity contribution is 5.82. The first-order valence-corrected chi connectivity index (χ1v) is 5.96. The molecule has 94 valence electrons. The Morgan fingerprint density at radius 1 is 1.39 bits per heavy atom. The van der Waals surface area contributed by atoms with E-state index in [1.165, 1.54) is 6.07 Å². The highest BCUT2D eigenvalue weighted by atomic mass is 19.1. The van der Waals surface area contributed by atoms with Crippen LogP contribution < -0.4 is 16.2 Å². The molecule has 18 heavy (non-hydrogen) atoms. The molecule has 1 fully saturated rings. The van der Waals surface area contributed by atoms with E-state index in [0.29, 0.717) is 10.9 Å². The fourth-order valence-electron chi connectivity index (χ4n) is 2.38. The standard InChI is InChI=1S/C13H14FN3O/c14-11-5-8-1-2-10(6-12(8)16-13(11)18)17-4-3-9(15)7-17/h1-2,5-6,9H,3-4,7,15H2,(H,16,18). The predicted octanol–water partition coefficient (Wildman–Crippen LogP) is 1.20. The molecular weight excluding hydrogens is 233 g/mol. The summed E-state index contributed by atoms with van der Waals surface area (Å²) in [4.78, 5) is 16.0. The number of benzene rings is 1. The van der Waals surface area contributed by atoms with Crippen LogP contribution in [0, 0.1) is 5.82 Å². The van der Waals surface area contributed by atoms with Gasteiger partial charge in [0, 0.05) is 30.2 Å². The number of aromatic nitrogens is 1. The van der Waals surface area contributed by atoms with E-state index < -0.39 is 11.4 Å². The number of anilines is 1. The lowest BCUT2D eigenvalue weighted by atomic mass is 10.2. The Morgan fingerprint density at radius 2 is 2.22 bits per heavy atom. The Kier molecular flexibility index (Phi) is 2.56. The largest absolute Gasteiger partial charge is 0.370 e. The number of aromatic amines is 1. The van der Waals surface area contributed by atoms with Gasteiger partial charge in [-0.2, -0.15) is 0 Å². The summed E-state index contributed by atoms with van der Waals surface area (Å²) in [6.07, 6.45) is 0.970. The third kappa shape index (κ3) is 1.86. The molecule has 1 aromatic carbocycles. The van der Waals surface area contributed by atoms with Crippen LogP contribution in [0.15, 0.2) is 29.1 Å². The lowest BCUT2D eigenvalue weighted by Gasteiger charge is -2.18. The summed E-state index contributed by atoms with van der Waals surface area (Å²) in [7, 11) is 0. The van der Waals surface area contributed by atoms with E-state index in [2.05, 4.69) is 9.88 Å². The molecular formula is C13H14FN3O. The minimum Gasteiger partial charge on any atom is -0.370 e. The van der Waals surface area contributed by atoms with Gasteiger partial charge in [-0.15, -0.1) is 0 Å². The van der Waals surface area contributed by atoms with Crippen LogP contribution in [0.25, 0.3) is 10.9 Å². The van der Waals surface area contributed by atoms with E-state index in [4.69, 9.17) is 5.73 Å². The second-order valence-electron chi connectivity index (χ2n) is 4.71. The second kappa shape index (κ2) is 4.10. The van der Waals surface area contributed by atoms with Gasteiger partial charge in [-0.25, -0.2) is 4.39 Å². The Hall–Kier alpha value is -1.88. The number of hydrogen-bond acceptors (Lipinski definition) is 3. The van der Waals surface area contributed by atoms with Crippen molar-refractivity contribution in [2.45, 2.75) is 12.5 Å². The number of halogens is 1. The molecule has 4 nitrogen and oxygen atoms in total. The molecule has 1 aliphatic rings. The van der Waals surface area contributed by atoms with Crippen LogP contribution in [0.3, 0.4) is 0 Å². The molecule has 0 bridgehead atoms. The van der Waals surface area contributed by atoms with Gasteiger partial charge in [0.2, 0.25) is 0 Å². The fraction of sp³-hybridized carbons (Fsp3) is 0.308. The van der Waals surface area contributed by atoms with Gasteiger partial charge in [-0.05, 0) is 24.6 Å². The van der Waals surface area contributed by atoms with Gasteiger partial charge in [0.25, 0.3) is 5.56 Å². The van der Waals surface area contributed by atoms with Crippen LogP contribution in [-0.2, 0) is 0 Å². The number of nitrogens with zero attached hydrogens (tertiary/aromatic N) is 1. The molecule has 5 heteroatoms. The molecule has 1 aliphatic heterocycles. The van der Waals surface area contributed by atoms with Gasteiger partial charge in [-0.3, -0.25) is 4.79 Å². The lowest BCUT2D eigenvalue weighted by Crippen LogP contribution is -2.26. The molecule has 0 spiro atoms. The molecule has 0 saturated carbocycles. The first kappa shape index (κ1) is 11.2. The number of nitrogens with two attached hydrogens (primary N) is 1. The molecule has 3 N–H and O–H groups in total. The van der Waals surface area contributed by atoms with Crippen LogP contribution in [-0.4, -0.2) is 24.1 Å². The molecule has 0 aliphatic carbocycles. The van der Waals surface area contributed by atoms with Crippen molar-refractivity contribution < 1.29 is 4.39 Å². The van der Waals surface area contributed by atoms with Crippen LogP contribution in [0.4, 0.5) is 10.1 Å². The fourth-order valence-corrected chi connectivity index (χ4v) is 2.38. The summed E-state index contributed by atoms with van der Waals surface area (Å²) in [6, 6.07) is 7.07. The van der Waals surface area contributed by atoms with E-state index in [1.54, 1.807) is 0 Å². The van der Waals surface area contributed by atoms with Crippen molar-refractivity contribution in [3.05, 3.63) is 40.4 Å². The highest BCUT2D eigenvalue weighted by Gasteiger charge is 2.19. The van der Waals surface area contributed by atoms with Crippen molar-refractivity contribution >= 4 is 16.6 Å². The zero-order valence-electron chi connectivity index (χ0n) is 9.82. The van der Waals surface area contributed by atoms with E-state index in [1.807, 2.05) is 18.2 Å². The second-order valence-corrected chi connectivity index (χ2v) is 4.71. The smallest absolute Gasteiger partial charge is 0.284 e. The van der Waals surface area contributed by atoms with Gasteiger partial charge in [-0.1, -0.05) is 6.07 Å². The summed E-state index contributed by atoms with van der Waals surface area (Å²) in [5.74, 6) is -0.751. The first-order valence-electron chi connectivity index (χ1n) is 5.96.